The van der Waals surface area contributed by atoms with Crippen LogP contribution < -0.4 is 44.9 Å². The summed E-state index contributed by atoms with van der Waals surface area (Å²) in [6.07, 6.45) is 50.8. The maximum Gasteiger partial charge on any atom is 2.00 e. The van der Waals surface area contributed by atoms with Crippen molar-refractivity contribution in [3.63, 3.8) is 0 Å². The first kappa shape index (κ1) is 65.2. The number of rotatable bonds is 42. The van der Waals surface area contributed by atoms with Crippen LogP contribution >= 0.6 is 0 Å². The Labute approximate surface area is 384 Å². The van der Waals surface area contributed by atoms with Gasteiger partial charge in [-0.3, -0.25) is 0 Å². The standard InChI is InChI=1S/3C16H32O2.Na.Zn/c3*1-2-3-4-5-6-7-8-9-10-11-12-13-14-15-16(17)18;;/h3*2-15H2,1H3,(H,17,18);;/q;;;+1;+2/p-3. The van der Waals surface area contributed by atoms with Crippen LogP contribution in [0, 0.1) is 0 Å². The van der Waals surface area contributed by atoms with E-state index in [0.717, 1.165) is 38.5 Å². The van der Waals surface area contributed by atoms with Gasteiger partial charge in [0.2, 0.25) is 0 Å². The third kappa shape index (κ3) is 74.9. The van der Waals surface area contributed by atoms with Gasteiger partial charge in [0.05, 0.1) is 0 Å². The number of unbranched alkanes of at least 4 members (excludes halogenated alkanes) is 36. The summed E-state index contributed by atoms with van der Waals surface area (Å²) in [5, 5.41) is 30.6. The summed E-state index contributed by atoms with van der Waals surface area (Å²) in [5.74, 6) is -2.71. The molecule has 56 heavy (non-hydrogen) atoms. The van der Waals surface area contributed by atoms with Crippen LogP contribution in [0.2, 0.25) is 0 Å². The van der Waals surface area contributed by atoms with E-state index < -0.39 is 17.9 Å². The molecule has 0 fully saturated rings. The first-order valence-electron chi connectivity index (χ1n) is 23.9. The van der Waals surface area contributed by atoms with E-state index in [0.29, 0.717) is 0 Å². The van der Waals surface area contributed by atoms with Crippen molar-refractivity contribution in [1.29, 1.82) is 0 Å². The Bertz CT molecular complexity index is 643. The largest absolute Gasteiger partial charge is 2.00 e. The van der Waals surface area contributed by atoms with Crippen molar-refractivity contribution in [1.82, 2.24) is 0 Å². The number of carboxylic acids is 3. The molecule has 0 radical (unpaired) electrons. The van der Waals surface area contributed by atoms with Gasteiger partial charge in [-0.25, -0.2) is 0 Å². The van der Waals surface area contributed by atoms with Gasteiger partial charge in [0.25, 0.3) is 0 Å². The molecule has 0 saturated carbocycles. The molecule has 6 nitrogen and oxygen atoms in total. The van der Waals surface area contributed by atoms with Crippen molar-refractivity contribution >= 4 is 17.9 Å². The summed E-state index contributed by atoms with van der Waals surface area (Å²) in [6, 6.07) is 0. The smallest absolute Gasteiger partial charge is 0.550 e. The van der Waals surface area contributed by atoms with Crippen molar-refractivity contribution < 1.29 is 78.7 Å². The Morgan fingerprint density at radius 3 is 0.464 bits per heavy atom. The van der Waals surface area contributed by atoms with Crippen LogP contribution in [0.25, 0.3) is 0 Å². The van der Waals surface area contributed by atoms with E-state index in [1.807, 2.05) is 0 Å². The van der Waals surface area contributed by atoms with E-state index in [-0.39, 0.29) is 68.3 Å². The van der Waals surface area contributed by atoms with Crippen molar-refractivity contribution in [3.8, 4) is 0 Å². The average Bonchev–Trinajstić information content (AvgIpc) is 3.14. The number of hydrogen-bond acceptors (Lipinski definition) is 6. The minimum absolute atomic E-state index is 0. The van der Waals surface area contributed by atoms with Gasteiger partial charge in [-0.15, -0.1) is 0 Å². The van der Waals surface area contributed by atoms with E-state index in [1.165, 1.54) is 212 Å². The minimum atomic E-state index is -0.905. The summed E-state index contributed by atoms with van der Waals surface area (Å²) in [5.41, 5.74) is 0. The van der Waals surface area contributed by atoms with Crippen molar-refractivity contribution in [2.24, 2.45) is 0 Å². The van der Waals surface area contributed by atoms with Gasteiger partial charge >= 0.3 is 49.0 Å². The van der Waals surface area contributed by atoms with Crippen molar-refractivity contribution in [3.05, 3.63) is 0 Å². The second-order valence-corrected chi connectivity index (χ2v) is 16.1. The van der Waals surface area contributed by atoms with Crippen LogP contribution in [0.4, 0.5) is 0 Å². The summed E-state index contributed by atoms with van der Waals surface area (Å²) >= 11 is 0. The first-order valence-corrected chi connectivity index (χ1v) is 23.9. The zero-order valence-electron chi connectivity index (χ0n) is 38.4. The third-order valence-electron chi connectivity index (χ3n) is 10.5. The van der Waals surface area contributed by atoms with E-state index in [9.17, 15) is 29.7 Å². The van der Waals surface area contributed by atoms with E-state index in [2.05, 4.69) is 20.8 Å². The van der Waals surface area contributed by atoms with Gasteiger partial charge in [0.1, 0.15) is 0 Å². The maximum absolute atomic E-state index is 10.2. The molecule has 0 aromatic carbocycles. The topological polar surface area (TPSA) is 120 Å². The molecule has 0 aromatic rings. The summed E-state index contributed by atoms with van der Waals surface area (Å²) in [4.78, 5) is 30.6. The molecule has 0 N–H and O–H groups in total. The van der Waals surface area contributed by atoms with Gasteiger partial charge in [-0.2, -0.15) is 0 Å². The molecule has 324 valence electrons. The maximum atomic E-state index is 10.2. The molecule has 0 aliphatic rings. The molecular weight excluding hydrogens is 761 g/mol. The fraction of sp³-hybridized carbons (Fsp3) is 0.938. The van der Waals surface area contributed by atoms with Crippen LogP contribution in [0.5, 0.6) is 0 Å². The second-order valence-electron chi connectivity index (χ2n) is 16.1. The number of aliphatic carboxylic acids is 3. The first-order chi connectivity index (χ1) is 26.3. The summed E-state index contributed by atoms with van der Waals surface area (Å²) in [6.45, 7) is 6.77. The molecule has 0 bridgehead atoms. The quantitative estimate of drug-likeness (QED) is 0.0446. The van der Waals surface area contributed by atoms with Crippen molar-refractivity contribution in [2.75, 3.05) is 0 Å². The molecule has 0 saturated heterocycles. The number of hydrogen-bond donors (Lipinski definition) is 0. The summed E-state index contributed by atoms with van der Waals surface area (Å²) in [7, 11) is 0. The number of carboxylic acid groups (broad SMARTS) is 3. The van der Waals surface area contributed by atoms with Crippen molar-refractivity contribution in [2.45, 2.75) is 290 Å². The molecule has 0 rings (SSSR count). The Hall–Kier alpha value is 0.0334. The minimum Gasteiger partial charge on any atom is -0.550 e. The van der Waals surface area contributed by atoms with E-state index in [1.54, 1.807) is 0 Å². The molecule has 0 aliphatic carbocycles. The zero-order valence-corrected chi connectivity index (χ0v) is 43.3. The Morgan fingerprint density at radius 1 is 0.250 bits per heavy atom. The molecule has 0 atom stereocenters. The predicted octanol–water partition coefficient (Wildman–Crippen LogP) is 9.65. The SMILES string of the molecule is CCCCCCCCCCCCCCCC(=O)[O-].CCCCCCCCCCCCCCCC(=O)[O-].CCCCCCCCCCCCCCCC(=O)[O-].[Na+].[Zn+2]. The zero-order chi connectivity index (χ0) is 40.4. The van der Waals surface area contributed by atoms with Crippen LogP contribution in [-0.4, -0.2) is 17.9 Å². The molecule has 0 aliphatic heterocycles. The third-order valence-corrected chi connectivity index (χ3v) is 10.5. The van der Waals surface area contributed by atoms with Crippen LogP contribution in [0.1, 0.15) is 290 Å². The summed E-state index contributed by atoms with van der Waals surface area (Å²) < 4.78 is 0. The molecule has 0 spiro atoms. The number of carbonyl (C=O) groups is 3. The molecule has 0 heterocycles. The van der Waals surface area contributed by atoms with Crippen LogP contribution in [0.3, 0.4) is 0 Å². The van der Waals surface area contributed by atoms with Gasteiger partial charge in [0.15, 0.2) is 0 Å². The Kier molecular flexibility index (Phi) is 71.8. The number of carbonyl (C=O) groups excluding carboxylic acids is 3. The van der Waals surface area contributed by atoms with E-state index in [4.69, 9.17) is 0 Å². The molecule has 8 heteroatoms. The molecular formula is C48H93NaO6Zn. The van der Waals surface area contributed by atoms with Gasteiger partial charge in [-0.1, -0.05) is 252 Å². The van der Waals surface area contributed by atoms with Gasteiger partial charge in [-0.05, 0) is 38.5 Å². The fourth-order valence-electron chi connectivity index (χ4n) is 6.86. The average molecular weight is 855 g/mol. The second kappa shape index (κ2) is 61.7. The van der Waals surface area contributed by atoms with Crippen LogP contribution in [-0.2, 0) is 33.9 Å². The predicted molar refractivity (Wildman–Crippen MR) is 226 cm³/mol. The van der Waals surface area contributed by atoms with Gasteiger partial charge < -0.3 is 29.7 Å². The normalized spacial score (nSPS) is 10.3. The monoisotopic (exact) mass is 853 g/mol. The van der Waals surface area contributed by atoms with Gasteiger partial charge in [0, 0.05) is 17.9 Å². The van der Waals surface area contributed by atoms with E-state index >= 15 is 0 Å². The molecule has 0 aromatic heterocycles. The Morgan fingerprint density at radius 2 is 0.357 bits per heavy atom. The Balaban J connectivity index is -0.000000228. The fourth-order valence-corrected chi connectivity index (χ4v) is 6.86. The molecule has 0 unspecified atom stereocenters. The van der Waals surface area contributed by atoms with Crippen LogP contribution in [0.15, 0.2) is 0 Å². The molecule has 0 amide bonds.